The summed E-state index contributed by atoms with van der Waals surface area (Å²) in [6.07, 6.45) is 0. The van der Waals surface area contributed by atoms with Gasteiger partial charge in [-0.25, -0.2) is 0 Å². The molecule has 1 radical (unpaired) electrons. The Hall–Kier alpha value is -4.25. The van der Waals surface area contributed by atoms with Crippen molar-refractivity contribution in [3.63, 3.8) is 0 Å². The molecule has 0 nitrogen and oxygen atoms in total. The Labute approximate surface area is 392 Å². The molecule has 9 aromatic carbocycles. The third-order valence-electron chi connectivity index (χ3n) is 9.13. The molecule has 9 aromatic rings. The molecule has 0 fully saturated rings. The fourth-order valence-electron chi connectivity index (χ4n) is 6.54. The van der Waals surface area contributed by atoms with E-state index in [9.17, 15) is 0 Å². The third-order valence-corrected chi connectivity index (χ3v) is 16.5. The second kappa shape index (κ2) is 26.9. The average molecular weight is 1010 g/mol. The van der Waals surface area contributed by atoms with Crippen LogP contribution in [0.4, 0.5) is 0 Å². The zero-order valence-corrected chi connectivity index (χ0v) is 39.7. The maximum absolute atomic E-state index is 2.23. The Morgan fingerprint density at radius 1 is 0.150 bits per heavy atom. The van der Waals surface area contributed by atoms with Gasteiger partial charge in [-0.15, -0.1) is 0 Å². The van der Waals surface area contributed by atoms with Crippen LogP contribution in [0.1, 0.15) is 0 Å². The van der Waals surface area contributed by atoms with Crippen molar-refractivity contribution in [1.82, 2.24) is 0 Å². The van der Waals surface area contributed by atoms with E-state index in [1.807, 2.05) is 0 Å². The van der Waals surface area contributed by atoms with Gasteiger partial charge in [0, 0.05) is 0 Å². The predicted molar refractivity (Wildman–Crippen MR) is 255 cm³/mol. The van der Waals surface area contributed by atoms with Crippen molar-refractivity contribution in [1.29, 1.82) is 0 Å². The van der Waals surface area contributed by atoms with Crippen molar-refractivity contribution < 1.29 is 51.0 Å². The van der Waals surface area contributed by atoms with E-state index in [2.05, 4.69) is 273 Å². The van der Waals surface area contributed by atoms with Crippen LogP contribution in [0.25, 0.3) is 0 Å². The van der Waals surface area contributed by atoms with Gasteiger partial charge in [-0.1, -0.05) is 273 Å². The van der Waals surface area contributed by atoms with Gasteiger partial charge in [0.05, 0.1) is 0 Å². The fourth-order valence-corrected chi connectivity index (χ4v) is 13.5. The molecule has 0 unspecified atom stereocenters. The zero-order valence-electron chi connectivity index (χ0n) is 32.9. The Kier molecular flexibility index (Phi) is 21.7. The molecule has 0 amide bonds. The van der Waals surface area contributed by atoms with E-state index in [4.69, 9.17) is 0 Å². The van der Waals surface area contributed by atoms with Crippen LogP contribution in [0, 0.1) is 0 Å². The van der Waals surface area contributed by atoms with Crippen LogP contribution in [0.5, 0.6) is 0 Å². The van der Waals surface area contributed by atoms with Crippen LogP contribution in [0.15, 0.2) is 273 Å². The smallest absolute Gasteiger partial charge is 1.00 e. The largest absolute Gasteiger partial charge is 2.00 e. The van der Waals surface area contributed by atoms with Gasteiger partial charge in [0.1, 0.15) is 0 Å². The molecule has 0 saturated heterocycles. The van der Waals surface area contributed by atoms with Gasteiger partial charge in [-0.05, 0) is 71.5 Å². The molecule has 0 atom stereocenters. The summed E-state index contributed by atoms with van der Waals surface area (Å²) in [5.74, 6) is 0. The molecule has 0 saturated carbocycles. The number of hydrogen-bond acceptors (Lipinski definition) is 0. The fraction of sp³-hybridized carbons (Fsp3) is 0. The summed E-state index contributed by atoms with van der Waals surface area (Å²) < 4.78 is 0. The molecule has 0 heterocycles. The van der Waals surface area contributed by atoms with E-state index in [-0.39, 0.29) is 51.0 Å². The Morgan fingerprint density at radius 2 is 0.233 bits per heavy atom. The van der Waals surface area contributed by atoms with Gasteiger partial charge in [0.25, 0.3) is 0 Å². The second-order valence-electron chi connectivity index (χ2n) is 13.0. The summed E-state index contributed by atoms with van der Waals surface area (Å²) in [5.41, 5.74) is 0. The van der Waals surface area contributed by atoms with Crippen LogP contribution in [0.3, 0.4) is 0 Å². The monoisotopic (exact) mass is 1010 g/mol. The van der Waals surface area contributed by atoms with Crippen molar-refractivity contribution in [3.8, 4) is 0 Å². The maximum atomic E-state index is 2.23. The minimum Gasteiger partial charge on any atom is -1.00 e. The van der Waals surface area contributed by atoms with E-state index in [1.165, 1.54) is 47.7 Å². The minimum atomic E-state index is -0.446. The maximum Gasteiger partial charge on any atom is 2.00 e. The van der Waals surface area contributed by atoms with Crippen LogP contribution in [-0.2, 0) is 17.1 Å². The van der Waals surface area contributed by atoms with Gasteiger partial charge in [0.15, 0.2) is 0 Å². The van der Waals surface area contributed by atoms with E-state index >= 15 is 0 Å². The van der Waals surface area contributed by atoms with Gasteiger partial charge in [-0.3, -0.25) is 0 Å². The van der Waals surface area contributed by atoms with Gasteiger partial charge < -0.3 is 34.0 Å². The molecule has 0 aromatic heterocycles. The van der Waals surface area contributed by atoms with E-state index in [1.54, 1.807) is 0 Å². The summed E-state index contributed by atoms with van der Waals surface area (Å²) in [6.45, 7) is 0. The quantitative estimate of drug-likeness (QED) is 0.149. The molecule has 60 heavy (non-hydrogen) atoms. The van der Waals surface area contributed by atoms with E-state index in [0.717, 1.165) is 0 Å². The first kappa shape index (κ1) is 48.4. The molecule has 0 aliphatic rings. The van der Waals surface area contributed by atoms with Crippen molar-refractivity contribution in [2.24, 2.45) is 0 Å². The molecule has 0 spiro atoms. The van der Waals surface area contributed by atoms with E-state index in [0.29, 0.717) is 0 Å². The first-order valence-corrected chi connectivity index (χ1v) is 23.2. The van der Waals surface area contributed by atoms with Crippen molar-refractivity contribution in [2.75, 3.05) is 0 Å². The summed E-state index contributed by atoms with van der Waals surface area (Å²) >= 11 is 0. The predicted octanol–water partition coefficient (Wildman–Crippen LogP) is 4.34. The number of hydrogen-bond donors (Lipinski definition) is 0. The second-order valence-corrected chi connectivity index (χ2v) is 19.7. The summed E-state index contributed by atoms with van der Waals surface area (Å²) in [4.78, 5) is 0. The standard InChI is InChI=1S/3C18H15P.2BrH.Cu/c3*1-4-10-16(11-5-1)19(17-12-6-2-7-13-17)18-14-8-3-9-15-18;;;/h3*1-15H;2*1H;/q;;;;;+2/p-2. The van der Waals surface area contributed by atoms with E-state index < -0.39 is 23.8 Å². The molecule has 6 heteroatoms. The van der Waals surface area contributed by atoms with Crippen molar-refractivity contribution in [2.45, 2.75) is 0 Å². The first-order valence-electron chi connectivity index (χ1n) is 19.2. The van der Waals surface area contributed by atoms with Crippen molar-refractivity contribution >= 4 is 71.5 Å². The zero-order chi connectivity index (χ0) is 38.7. The summed E-state index contributed by atoms with van der Waals surface area (Å²) in [5, 5.41) is 12.6. The number of rotatable bonds is 9. The van der Waals surface area contributed by atoms with Crippen LogP contribution < -0.4 is 81.7 Å². The van der Waals surface area contributed by atoms with Gasteiger partial charge in [-0.2, -0.15) is 0 Å². The molecule has 0 aliphatic heterocycles. The van der Waals surface area contributed by atoms with Crippen LogP contribution in [-0.4, -0.2) is 0 Å². The summed E-state index contributed by atoms with van der Waals surface area (Å²) in [7, 11) is -1.34. The molecule has 0 bridgehead atoms. The first-order chi connectivity index (χ1) is 28.3. The normalized spacial score (nSPS) is 10.1. The Bertz CT molecular complexity index is 1870. The SMILES string of the molecule is [Br-].[Br-].[Cu+2].c1ccc(P(c2ccccc2)c2ccccc2)cc1.c1ccc(P(c2ccccc2)c2ccccc2)cc1.c1ccc(P(c2ccccc2)c2ccccc2)cc1. The molecular formula is C54H45Br2CuP3. The van der Waals surface area contributed by atoms with Crippen LogP contribution >= 0.6 is 23.8 Å². The third kappa shape index (κ3) is 13.9. The van der Waals surface area contributed by atoms with Crippen LogP contribution in [0.2, 0.25) is 0 Å². The average Bonchev–Trinajstić information content (AvgIpc) is 3.30. The molecule has 9 rings (SSSR count). The number of benzene rings is 9. The molecular weight excluding hydrogens is 965 g/mol. The molecule has 0 aliphatic carbocycles. The summed E-state index contributed by atoms with van der Waals surface area (Å²) in [6, 6.07) is 97.0. The minimum absolute atomic E-state index is 0. The topological polar surface area (TPSA) is 0 Å². The Balaban J connectivity index is 0.000000194. The molecule has 301 valence electrons. The number of halogens is 2. The van der Waals surface area contributed by atoms with Gasteiger partial charge >= 0.3 is 17.1 Å². The van der Waals surface area contributed by atoms with Gasteiger partial charge in [0.2, 0.25) is 0 Å². The molecule has 0 N–H and O–H groups in total. The Morgan fingerprint density at radius 3 is 0.317 bits per heavy atom. The van der Waals surface area contributed by atoms with Crippen molar-refractivity contribution in [3.05, 3.63) is 273 Å².